The lowest BCUT2D eigenvalue weighted by Crippen LogP contribution is -2.54. The third kappa shape index (κ3) is 6.24. The molecule has 2 atom stereocenters. The molecule has 1 aromatic carbocycles. The first kappa shape index (κ1) is 30.4. The maximum atomic E-state index is 14.0. The molecule has 0 radical (unpaired) electrons. The monoisotopic (exact) mass is 640 g/mol. The van der Waals surface area contributed by atoms with E-state index in [-0.39, 0.29) is 11.3 Å². The number of aromatic nitrogens is 2. The molecule has 4 aliphatic heterocycles. The largest absolute Gasteiger partial charge is 0.497 e. The summed E-state index contributed by atoms with van der Waals surface area (Å²) in [7, 11) is 1.53. The zero-order chi connectivity index (χ0) is 33.4. The molecule has 0 aliphatic carbocycles. The van der Waals surface area contributed by atoms with Crippen molar-refractivity contribution < 1.29 is 19.1 Å². The SMILES string of the molecule is COc1ccc(C(=O)NC(=O)NNC23C=CC(=N2)C=c2ccc([nH]2)=CC2=NC(=CC4N/C(=C\3)C(=Cc3[nH]c(C)cc3C)C4=O)C=C2)cc1. The van der Waals surface area contributed by atoms with Crippen LogP contribution in [0.25, 0.3) is 18.2 Å². The van der Waals surface area contributed by atoms with Crippen molar-refractivity contribution >= 4 is 47.4 Å². The summed E-state index contributed by atoms with van der Waals surface area (Å²) in [5.74, 6) is -0.165. The van der Waals surface area contributed by atoms with Gasteiger partial charge in [-0.25, -0.2) is 9.79 Å². The first-order chi connectivity index (χ1) is 23.1. The van der Waals surface area contributed by atoms with Gasteiger partial charge in [-0.15, -0.1) is 0 Å². The number of hydrogen-bond acceptors (Lipinski definition) is 8. The highest BCUT2D eigenvalue weighted by molar-refractivity contribution is 6.20. The maximum absolute atomic E-state index is 14.0. The molecule has 12 heteroatoms. The summed E-state index contributed by atoms with van der Waals surface area (Å²) in [4.78, 5) is 55.9. The van der Waals surface area contributed by atoms with E-state index >= 15 is 0 Å². The molecule has 2 unspecified atom stereocenters. The van der Waals surface area contributed by atoms with Gasteiger partial charge in [-0.3, -0.25) is 25.3 Å². The van der Waals surface area contributed by atoms with Gasteiger partial charge in [0.15, 0.2) is 11.4 Å². The number of nitrogens with one attached hydrogen (secondary N) is 6. The van der Waals surface area contributed by atoms with Crippen LogP contribution in [0.4, 0.5) is 4.79 Å². The first-order valence-corrected chi connectivity index (χ1v) is 15.3. The first-order valence-electron chi connectivity index (χ1n) is 15.3. The lowest BCUT2D eigenvalue weighted by Gasteiger charge is -2.24. The summed E-state index contributed by atoms with van der Waals surface area (Å²) in [5.41, 5.74) is 10.2. The predicted molar refractivity (Wildman–Crippen MR) is 183 cm³/mol. The number of methoxy groups -OCH3 is 1. The number of hydrazine groups is 1. The van der Waals surface area contributed by atoms with Gasteiger partial charge < -0.3 is 20.0 Å². The molecule has 3 amide bonds. The van der Waals surface area contributed by atoms with E-state index in [4.69, 9.17) is 14.7 Å². The molecule has 8 bridgehead atoms. The minimum Gasteiger partial charge on any atom is -0.497 e. The van der Waals surface area contributed by atoms with E-state index < -0.39 is 23.6 Å². The fourth-order valence-corrected chi connectivity index (χ4v) is 5.79. The van der Waals surface area contributed by atoms with Gasteiger partial charge in [0, 0.05) is 38.9 Å². The van der Waals surface area contributed by atoms with Gasteiger partial charge in [0.25, 0.3) is 5.91 Å². The summed E-state index contributed by atoms with van der Waals surface area (Å²) in [6.45, 7) is 3.93. The molecule has 4 aliphatic rings. The summed E-state index contributed by atoms with van der Waals surface area (Å²) >= 11 is 0. The van der Waals surface area contributed by atoms with Crippen LogP contribution in [-0.2, 0) is 4.79 Å². The summed E-state index contributed by atoms with van der Waals surface area (Å²) in [6, 6.07) is 10.7. The zero-order valence-corrected chi connectivity index (χ0v) is 26.3. The number of carbonyl (C=O) groups is 3. The van der Waals surface area contributed by atoms with Gasteiger partial charge in [-0.1, -0.05) is 0 Å². The second kappa shape index (κ2) is 12.2. The summed E-state index contributed by atoms with van der Waals surface area (Å²) < 4.78 is 5.14. The normalized spacial score (nSPS) is 22.5. The number of ether oxygens (including phenoxy) is 1. The van der Waals surface area contributed by atoms with Crippen LogP contribution >= 0.6 is 0 Å². The van der Waals surface area contributed by atoms with Gasteiger partial charge in [0.1, 0.15) is 11.8 Å². The lowest BCUT2D eigenvalue weighted by atomic mass is 10.0. The topological polar surface area (TPSA) is 165 Å². The van der Waals surface area contributed by atoms with Crippen LogP contribution in [0.2, 0.25) is 0 Å². The number of aliphatic imine (C=N–C) groups is 2. The molecule has 3 aromatic rings. The fraction of sp³-hybridized carbons (Fsp3) is 0.139. The summed E-state index contributed by atoms with van der Waals surface area (Å²) in [6.07, 6.45) is 16.5. The Balaban J connectivity index is 1.27. The Morgan fingerprint density at radius 2 is 1.75 bits per heavy atom. The zero-order valence-electron chi connectivity index (χ0n) is 26.3. The Morgan fingerprint density at radius 3 is 2.48 bits per heavy atom. The van der Waals surface area contributed by atoms with E-state index in [9.17, 15) is 14.4 Å². The highest BCUT2D eigenvalue weighted by Crippen LogP contribution is 2.30. The molecular weight excluding hydrogens is 608 g/mol. The molecule has 0 saturated carbocycles. The van der Waals surface area contributed by atoms with Crippen molar-refractivity contribution in [1.29, 1.82) is 0 Å². The molecular formula is C36H32N8O4. The third-order valence-electron chi connectivity index (χ3n) is 8.13. The molecule has 6 heterocycles. The number of aryl methyl sites for hydroxylation is 2. The number of allylic oxidation sites excluding steroid dienone is 4. The number of carbonyl (C=O) groups excluding carboxylic acids is 3. The van der Waals surface area contributed by atoms with E-state index in [0.717, 1.165) is 33.4 Å². The van der Waals surface area contributed by atoms with Gasteiger partial charge in [-0.05, 0) is 117 Å². The van der Waals surface area contributed by atoms with Crippen molar-refractivity contribution in [3.8, 4) is 5.75 Å². The van der Waals surface area contributed by atoms with Crippen molar-refractivity contribution in [3.05, 3.63) is 129 Å². The van der Waals surface area contributed by atoms with Gasteiger partial charge in [-0.2, -0.15) is 5.43 Å². The van der Waals surface area contributed by atoms with E-state index in [1.807, 2.05) is 62.4 Å². The van der Waals surface area contributed by atoms with Crippen LogP contribution in [0.3, 0.4) is 0 Å². The van der Waals surface area contributed by atoms with Crippen LogP contribution in [0.15, 0.2) is 106 Å². The molecule has 240 valence electrons. The van der Waals surface area contributed by atoms with Crippen LogP contribution in [-0.4, -0.2) is 57.9 Å². The molecule has 48 heavy (non-hydrogen) atoms. The molecule has 12 nitrogen and oxygen atoms in total. The lowest BCUT2D eigenvalue weighted by molar-refractivity contribution is -0.114. The number of benzene rings is 1. The minimum atomic E-state index is -1.34. The van der Waals surface area contributed by atoms with Gasteiger partial charge in [0.2, 0.25) is 0 Å². The Labute approximate surface area is 275 Å². The molecule has 1 saturated heterocycles. The number of amides is 3. The number of imide groups is 1. The van der Waals surface area contributed by atoms with Crippen LogP contribution in [0.1, 0.15) is 27.3 Å². The number of hydrogen-bond donors (Lipinski definition) is 6. The van der Waals surface area contributed by atoms with Crippen molar-refractivity contribution in [3.63, 3.8) is 0 Å². The highest BCUT2D eigenvalue weighted by atomic mass is 16.5. The van der Waals surface area contributed by atoms with E-state index in [1.165, 1.54) is 7.11 Å². The van der Waals surface area contributed by atoms with E-state index in [2.05, 4.69) is 31.5 Å². The average molecular weight is 641 g/mol. The predicted octanol–water partition coefficient (Wildman–Crippen LogP) is 2.30. The summed E-state index contributed by atoms with van der Waals surface area (Å²) in [5, 5.41) is 7.32. The molecule has 2 aromatic heterocycles. The maximum Gasteiger partial charge on any atom is 0.336 e. The number of H-pyrrole nitrogens is 2. The quantitative estimate of drug-likeness (QED) is 0.185. The number of aromatic amines is 2. The van der Waals surface area contributed by atoms with E-state index in [0.29, 0.717) is 28.4 Å². The molecule has 1 fully saturated rings. The molecule has 7 rings (SSSR count). The third-order valence-corrected chi connectivity index (χ3v) is 8.13. The number of Topliss-reactive ketones (excluding diaryl/α,β-unsaturated/α-hetero) is 1. The Kier molecular flexibility index (Phi) is 7.69. The Bertz CT molecular complexity index is 2210. The van der Waals surface area contributed by atoms with Gasteiger partial charge >= 0.3 is 6.03 Å². The van der Waals surface area contributed by atoms with E-state index in [1.54, 1.807) is 48.6 Å². The minimum absolute atomic E-state index is 0.150. The smallest absolute Gasteiger partial charge is 0.336 e. The second-order valence-corrected chi connectivity index (χ2v) is 11.7. The Morgan fingerprint density at radius 1 is 0.979 bits per heavy atom. The molecule has 6 N–H and O–H groups in total. The van der Waals surface area contributed by atoms with Crippen LogP contribution in [0, 0.1) is 13.8 Å². The van der Waals surface area contributed by atoms with Gasteiger partial charge in [0.05, 0.1) is 24.2 Å². The van der Waals surface area contributed by atoms with Crippen molar-refractivity contribution in [2.45, 2.75) is 25.6 Å². The Hall–Kier alpha value is -6.27. The number of rotatable bonds is 5. The standard InChI is InChI=1S/C36H32N8O4/c1-20-14-21(2)37-30(20)18-29-32-19-36(44-43-35(47)41-34(46)22-4-10-28(48-3)11-5-22)13-12-27(42-36)16-25-7-6-23(38-25)15-24-8-9-26(39-24)17-31(40-32)33(29)45/h4-19,31,37-38,40,44H,1-3H3,(H2,41,43,46,47)/b23-15?,25-16?,26-17?,29-18?,32-19-. The number of urea groups is 1. The molecule has 0 spiro atoms. The number of nitrogens with zero attached hydrogens (tertiary/aromatic N) is 2. The van der Waals surface area contributed by atoms with Crippen LogP contribution in [0.5, 0.6) is 5.75 Å². The average Bonchev–Trinajstić information content (AvgIpc) is 3.89. The number of ketones is 1. The highest BCUT2D eigenvalue weighted by Gasteiger charge is 2.37. The van der Waals surface area contributed by atoms with Crippen molar-refractivity contribution in [2.24, 2.45) is 9.98 Å². The number of fused-ring (bicyclic) bond motifs is 6. The second-order valence-electron chi connectivity index (χ2n) is 11.7. The van der Waals surface area contributed by atoms with Crippen molar-refractivity contribution in [1.82, 2.24) is 31.5 Å². The van der Waals surface area contributed by atoms with Crippen LogP contribution < -0.4 is 36.9 Å². The van der Waals surface area contributed by atoms with Crippen molar-refractivity contribution in [2.75, 3.05) is 7.11 Å². The fourth-order valence-electron chi connectivity index (χ4n) is 5.79.